The van der Waals surface area contributed by atoms with Gasteiger partial charge in [0.25, 0.3) is 5.91 Å². The summed E-state index contributed by atoms with van der Waals surface area (Å²) >= 11 is 0. The van der Waals surface area contributed by atoms with Gasteiger partial charge in [0.05, 0.1) is 0 Å². The molecule has 0 fully saturated rings. The molecule has 1 aromatic carbocycles. The van der Waals surface area contributed by atoms with Crippen LogP contribution in [0.1, 0.15) is 31.9 Å². The van der Waals surface area contributed by atoms with Gasteiger partial charge in [0.15, 0.2) is 0 Å². The predicted octanol–water partition coefficient (Wildman–Crippen LogP) is 3.18. The number of carbonyl (C=O) groups is 2. The third-order valence-electron chi connectivity index (χ3n) is 4.40. The average molecular weight is 434 g/mol. The van der Waals surface area contributed by atoms with Crippen LogP contribution in [0.3, 0.4) is 0 Å². The number of carbonyl (C=O) groups excluding carboxylic acids is 2. The van der Waals surface area contributed by atoms with E-state index in [1.165, 1.54) is 11.2 Å². The Kier molecular flexibility index (Phi) is 6.82. The molecule has 0 N–H and O–H groups in total. The summed E-state index contributed by atoms with van der Waals surface area (Å²) in [7, 11) is 3.92. The molecule has 8 heteroatoms. The second-order valence-electron chi connectivity index (χ2n) is 8.47. The molecule has 1 aliphatic rings. The van der Waals surface area contributed by atoms with Crippen molar-refractivity contribution in [3.8, 4) is 0 Å². The molecule has 0 saturated carbocycles. The molecule has 8 nitrogen and oxygen atoms in total. The summed E-state index contributed by atoms with van der Waals surface area (Å²) in [4.78, 5) is 41.2. The molecule has 0 atom stereocenters. The van der Waals surface area contributed by atoms with E-state index < -0.39 is 11.6 Å². The molecule has 2 aromatic rings. The first-order valence-electron chi connectivity index (χ1n) is 10.2. The van der Waals surface area contributed by atoms with E-state index in [1.807, 2.05) is 43.3 Å². The Bertz CT molecular complexity index is 1070. The molecule has 0 radical (unpaired) electrons. The monoisotopic (exact) mass is 433 g/mol. The van der Waals surface area contributed by atoms with E-state index in [4.69, 9.17) is 4.74 Å². The minimum Gasteiger partial charge on any atom is -0.459 e. The van der Waals surface area contributed by atoms with E-state index in [0.717, 1.165) is 16.8 Å². The second-order valence-corrected chi connectivity index (χ2v) is 8.47. The maximum Gasteiger partial charge on any atom is 0.326 e. The number of esters is 1. The Hall–Kier alpha value is -3.81. The number of rotatable bonds is 6. The number of aliphatic imine (C=N–C) groups is 1. The molecule has 32 heavy (non-hydrogen) atoms. The summed E-state index contributed by atoms with van der Waals surface area (Å²) < 4.78 is 5.39. The maximum atomic E-state index is 13.1. The van der Waals surface area contributed by atoms with Crippen LogP contribution in [0.5, 0.6) is 0 Å². The third-order valence-corrected chi connectivity index (χ3v) is 4.40. The number of nitrogens with zero attached hydrogens (tertiary/aromatic N) is 5. The fraction of sp³-hybridized carbons (Fsp3) is 0.292. The standard InChI is InChI=1S/C24H27N5O3/c1-24(2,3)32-22(30)15-29-21(11-8-18-13-25-16-26-14-18)27-20(23(29)31)12-17-6-9-19(10-7-17)28(4)5/h6-14,16H,15H2,1-5H3/b11-8+,20-12-. The highest BCUT2D eigenvalue weighted by molar-refractivity contribution is 6.19. The smallest absolute Gasteiger partial charge is 0.326 e. The van der Waals surface area contributed by atoms with Crippen molar-refractivity contribution in [3.05, 3.63) is 65.9 Å². The van der Waals surface area contributed by atoms with Gasteiger partial charge in [0.2, 0.25) is 0 Å². The summed E-state index contributed by atoms with van der Waals surface area (Å²) in [6.45, 7) is 5.11. The van der Waals surface area contributed by atoms with Gasteiger partial charge in [-0.25, -0.2) is 15.0 Å². The molecular formula is C24H27N5O3. The molecule has 2 heterocycles. The normalized spacial score (nSPS) is 15.4. The van der Waals surface area contributed by atoms with Crippen LogP contribution in [0.25, 0.3) is 12.2 Å². The van der Waals surface area contributed by atoms with Gasteiger partial charge in [-0.15, -0.1) is 0 Å². The molecule has 0 unspecified atom stereocenters. The minimum atomic E-state index is -0.652. The predicted molar refractivity (Wildman–Crippen MR) is 125 cm³/mol. The number of ether oxygens (including phenoxy) is 1. The summed E-state index contributed by atoms with van der Waals surface area (Å²) in [6.07, 6.45) is 9.83. The lowest BCUT2D eigenvalue weighted by molar-refractivity contribution is -0.156. The van der Waals surface area contributed by atoms with Crippen molar-refractivity contribution < 1.29 is 14.3 Å². The van der Waals surface area contributed by atoms with Crippen molar-refractivity contribution in [2.75, 3.05) is 25.5 Å². The van der Waals surface area contributed by atoms with Crippen LogP contribution in [0.2, 0.25) is 0 Å². The number of aromatic nitrogens is 2. The third kappa shape index (κ3) is 6.10. The van der Waals surface area contributed by atoms with Gasteiger partial charge in [-0.05, 0) is 56.7 Å². The van der Waals surface area contributed by atoms with Crippen molar-refractivity contribution in [1.29, 1.82) is 0 Å². The van der Waals surface area contributed by atoms with Crippen molar-refractivity contribution in [3.63, 3.8) is 0 Å². The highest BCUT2D eigenvalue weighted by Crippen LogP contribution is 2.21. The number of hydrogen-bond acceptors (Lipinski definition) is 7. The van der Waals surface area contributed by atoms with E-state index in [2.05, 4.69) is 15.0 Å². The highest BCUT2D eigenvalue weighted by Gasteiger charge is 2.32. The molecular weight excluding hydrogens is 406 g/mol. The summed E-state index contributed by atoms with van der Waals surface area (Å²) in [5, 5.41) is 0. The number of amidine groups is 1. The van der Waals surface area contributed by atoms with Crippen LogP contribution in [0.15, 0.2) is 59.8 Å². The lowest BCUT2D eigenvalue weighted by Crippen LogP contribution is -2.39. The van der Waals surface area contributed by atoms with Crippen molar-refractivity contribution >= 4 is 35.6 Å². The quantitative estimate of drug-likeness (QED) is 0.514. The summed E-state index contributed by atoms with van der Waals surface area (Å²) in [6, 6.07) is 7.76. The molecule has 0 spiro atoms. The Morgan fingerprint density at radius 3 is 2.31 bits per heavy atom. The SMILES string of the molecule is CN(C)c1ccc(/C=C2N=C(/C=C/c3cncnc3)N(CC(=O)OC(C)(C)C)C\2=O)cc1. The molecule has 1 amide bonds. The highest BCUT2D eigenvalue weighted by atomic mass is 16.6. The summed E-state index contributed by atoms with van der Waals surface area (Å²) in [5.41, 5.74) is 2.23. The van der Waals surface area contributed by atoms with Gasteiger partial charge in [-0.1, -0.05) is 12.1 Å². The van der Waals surface area contributed by atoms with Gasteiger partial charge in [0.1, 0.15) is 30.0 Å². The fourth-order valence-electron chi connectivity index (χ4n) is 2.94. The zero-order valence-corrected chi connectivity index (χ0v) is 18.9. The van der Waals surface area contributed by atoms with Crippen molar-refractivity contribution in [1.82, 2.24) is 14.9 Å². The lowest BCUT2D eigenvalue weighted by atomic mass is 10.1. The average Bonchev–Trinajstić information content (AvgIpc) is 3.01. The molecule has 0 bridgehead atoms. The van der Waals surface area contributed by atoms with Crippen LogP contribution in [0, 0.1) is 0 Å². The zero-order chi connectivity index (χ0) is 23.3. The number of anilines is 1. The number of amides is 1. The second kappa shape index (κ2) is 9.55. The van der Waals surface area contributed by atoms with E-state index in [1.54, 1.807) is 51.4 Å². The molecule has 1 aromatic heterocycles. The van der Waals surface area contributed by atoms with Gasteiger partial charge < -0.3 is 9.64 Å². The van der Waals surface area contributed by atoms with Crippen LogP contribution in [-0.4, -0.2) is 58.8 Å². The Balaban J connectivity index is 1.89. The number of hydrogen-bond donors (Lipinski definition) is 0. The fourth-order valence-corrected chi connectivity index (χ4v) is 2.94. The van der Waals surface area contributed by atoms with E-state index in [0.29, 0.717) is 5.84 Å². The lowest BCUT2D eigenvalue weighted by Gasteiger charge is -2.22. The topological polar surface area (TPSA) is 88.0 Å². The first-order chi connectivity index (χ1) is 15.1. The molecule has 166 valence electrons. The van der Waals surface area contributed by atoms with Crippen LogP contribution in [0.4, 0.5) is 5.69 Å². The molecule has 3 rings (SSSR count). The van der Waals surface area contributed by atoms with Crippen molar-refractivity contribution in [2.45, 2.75) is 26.4 Å². The maximum absolute atomic E-state index is 13.1. The first kappa shape index (κ1) is 22.9. The Morgan fingerprint density at radius 1 is 1.06 bits per heavy atom. The van der Waals surface area contributed by atoms with Gasteiger partial charge in [-0.3, -0.25) is 14.5 Å². The zero-order valence-electron chi connectivity index (χ0n) is 18.9. The minimum absolute atomic E-state index is 0.235. The van der Waals surface area contributed by atoms with Crippen molar-refractivity contribution in [2.24, 2.45) is 4.99 Å². The first-order valence-corrected chi connectivity index (χ1v) is 10.2. The number of benzene rings is 1. The molecule has 1 aliphatic heterocycles. The van der Waals surface area contributed by atoms with Gasteiger partial charge in [-0.2, -0.15) is 0 Å². The van der Waals surface area contributed by atoms with Gasteiger partial charge >= 0.3 is 5.97 Å². The van der Waals surface area contributed by atoms with E-state index in [9.17, 15) is 9.59 Å². The largest absolute Gasteiger partial charge is 0.459 e. The van der Waals surface area contributed by atoms with E-state index >= 15 is 0 Å². The Morgan fingerprint density at radius 2 is 1.72 bits per heavy atom. The van der Waals surface area contributed by atoms with Crippen LogP contribution in [-0.2, 0) is 14.3 Å². The summed E-state index contributed by atoms with van der Waals surface area (Å²) in [5.74, 6) is -0.524. The molecule has 0 saturated heterocycles. The Labute approximate surface area is 188 Å². The molecule has 0 aliphatic carbocycles. The van der Waals surface area contributed by atoms with E-state index in [-0.39, 0.29) is 18.1 Å². The van der Waals surface area contributed by atoms with Crippen LogP contribution < -0.4 is 4.90 Å². The van der Waals surface area contributed by atoms with Gasteiger partial charge in [0, 0.05) is 37.7 Å². The van der Waals surface area contributed by atoms with Crippen LogP contribution >= 0.6 is 0 Å².